The van der Waals surface area contributed by atoms with Crippen molar-refractivity contribution in [2.45, 2.75) is 31.8 Å². The maximum Gasteiger partial charge on any atom is 0.0488 e. The van der Waals surface area contributed by atoms with Crippen LogP contribution in [0.3, 0.4) is 0 Å². The summed E-state index contributed by atoms with van der Waals surface area (Å²) in [5.74, 6) is 0. The summed E-state index contributed by atoms with van der Waals surface area (Å²) in [5.41, 5.74) is 4.50. The van der Waals surface area contributed by atoms with E-state index in [1.54, 1.807) is 5.69 Å². The monoisotopic (exact) mass is 256 g/mol. The van der Waals surface area contributed by atoms with Gasteiger partial charge < -0.3 is 14.6 Å². The fourth-order valence-corrected chi connectivity index (χ4v) is 3.63. The molecule has 2 aliphatic heterocycles. The molecule has 3 heteroatoms. The average Bonchev–Trinajstić information content (AvgIpc) is 2.83. The second kappa shape index (κ2) is 4.66. The Kier molecular flexibility index (Phi) is 2.82. The second-order valence-corrected chi connectivity index (χ2v) is 5.58. The van der Waals surface area contributed by atoms with Crippen molar-refractivity contribution in [3.05, 3.63) is 35.5 Å². The van der Waals surface area contributed by atoms with Crippen molar-refractivity contribution in [3.63, 3.8) is 0 Å². The van der Waals surface area contributed by atoms with E-state index in [-0.39, 0.29) is 0 Å². The summed E-state index contributed by atoms with van der Waals surface area (Å²) in [7, 11) is 0. The summed E-state index contributed by atoms with van der Waals surface area (Å²) >= 11 is 0. The van der Waals surface area contributed by atoms with Crippen LogP contribution in [0.2, 0.25) is 0 Å². The summed E-state index contributed by atoms with van der Waals surface area (Å²) in [6.07, 6.45) is 3.46. The number of fused-ring (bicyclic) bond motifs is 3. The van der Waals surface area contributed by atoms with Crippen LogP contribution in [0.5, 0.6) is 0 Å². The molecule has 0 atom stereocenters. The van der Waals surface area contributed by atoms with Gasteiger partial charge in [-0.2, -0.15) is 0 Å². The van der Waals surface area contributed by atoms with Crippen molar-refractivity contribution in [1.82, 2.24) is 9.88 Å². The first-order valence-corrected chi connectivity index (χ1v) is 7.34. The van der Waals surface area contributed by atoms with E-state index < -0.39 is 0 Å². The van der Waals surface area contributed by atoms with Crippen molar-refractivity contribution in [3.8, 4) is 0 Å². The highest BCUT2D eigenvalue weighted by molar-refractivity contribution is 5.86. The normalized spacial score (nSPS) is 20.6. The van der Waals surface area contributed by atoms with Gasteiger partial charge in [0.15, 0.2) is 0 Å². The standard InChI is InChI=1S/C16H20N2O/c1-2-4-15-13(3-1)14-11-17-8-5-16(14)18(15)12-6-9-19-10-7-12/h1-4,12,17H,5-11H2. The lowest BCUT2D eigenvalue weighted by Crippen LogP contribution is -2.27. The van der Waals surface area contributed by atoms with E-state index in [1.165, 1.54) is 16.5 Å². The molecule has 4 rings (SSSR count). The van der Waals surface area contributed by atoms with Gasteiger partial charge in [-0.25, -0.2) is 0 Å². The summed E-state index contributed by atoms with van der Waals surface area (Å²) in [6.45, 7) is 3.94. The van der Waals surface area contributed by atoms with Gasteiger partial charge in [0.25, 0.3) is 0 Å². The quantitative estimate of drug-likeness (QED) is 0.849. The number of nitrogens with zero attached hydrogens (tertiary/aromatic N) is 1. The third-order valence-electron chi connectivity index (χ3n) is 4.52. The number of hydrogen-bond acceptors (Lipinski definition) is 2. The van der Waals surface area contributed by atoms with Gasteiger partial charge in [0.1, 0.15) is 0 Å². The van der Waals surface area contributed by atoms with Gasteiger partial charge in [-0.15, -0.1) is 0 Å². The van der Waals surface area contributed by atoms with E-state index in [9.17, 15) is 0 Å². The third-order valence-corrected chi connectivity index (χ3v) is 4.52. The molecule has 2 aliphatic rings. The Labute approximate surface area is 113 Å². The summed E-state index contributed by atoms with van der Waals surface area (Å²) in [6, 6.07) is 9.50. The molecule has 1 fully saturated rings. The Morgan fingerprint density at radius 3 is 2.89 bits per heavy atom. The molecule has 3 nitrogen and oxygen atoms in total. The minimum atomic E-state index is 0.625. The van der Waals surface area contributed by atoms with Crippen LogP contribution in [0, 0.1) is 0 Å². The first-order chi connectivity index (χ1) is 9.45. The summed E-state index contributed by atoms with van der Waals surface area (Å²) < 4.78 is 8.15. The molecule has 0 amide bonds. The number of nitrogens with one attached hydrogen (secondary N) is 1. The summed E-state index contributed by atoms with van der Waals surface area (Å²) in [5, 5.41) is 4.95. The lowest BCUT2D eigenvalue weighted by atomic mass is 10.1. The number of ether oxygens (including phenoxy) is 1. The topological polar surface area (TPSA) is 26.2 Å². The zero-order valence-electron chi connectivity index (χ0n) is 11.2. The molecule has 2 aromatic rings. The van der Waals surface area contributed by atoms with Crippen molar-refractivity contribution in [2.75, 3.05) is 19.8 Å². The fourth-order valence-electron chi connectivity index (χ4n) is 3.63. The Bertz CT molecular complexity index is 596. The molecular weight excluding hydrogens is 236 g/mol. The van der Waals surface area contributed by atoms with Crippen LogP contribution in [0.15, 0.2) is 24.3 Å². The van der Waals surface area contributed by atoms with E-state index >= 15 is 0 Å². The molecule has 1 N–H and O–H groups in total. The van der Waals surface area contributed by atoms with E-state index in [2.05, 4.69) is 34.1 Å². The molecule has 0 radical (unpaired) electrons. The molecule has 3 heterocycles. The maximum atomic E-state index is 5.53. The van der Waals surface area contributed by atoms with Gasteiger partial charge in [-0.05, 0) is 24.5 Å². The smallest absolute Gasteiger partial charge is 0.0488 e. The van der Waals surface area contributed by atoms with Crippen LogP contribution < -0.4 is 5.32 Å². The van der Waals surface area contributed by atoms with Crippen LogP contribution in [-0.2, 0) is 17.7 Å². The molecule has 1 aromatic heterocycles. The van der Waals surface area contributed by atoms with Crippen LogP contribution >= 0.6 is 0 Å². The number of aromatic nitrogens is 1. The Hall–Kier alpha value is -1.32. The predicted molar refractivity (Wildman–Crippen MR) is 76.4 cm³/mol. The van der Waals surface area contributed by atoms with Crippen molar-refractivity contribution in [1.29, 1.82) is 0 Å². The fraction of sp³-hybridized carbons (Fsp3) is 0.500. The first kappa shape index (κ1) is 11.5. The van der Waals surface area contributed by atoms with E-state index in [1.807, 2.05) is 0 Å². The highest BCUT2D eigenvalue weighted by Gasteiger charge is 2.25. The molecule has 19 heavy (non-hydrogen) atoms. The van der Waals surface area contributed by atoms with Crippen LogP contribution in [0.4, 0.5) is 0 Å². The van der Waals surface area contributed by atoms with Gasteiger partial charge >= 0.3 is 0 Å². The van der Waals surface area contributed by atoms with E-state index in [0.717, 1.165) is 45.6 Å². The van der Waals surface area contributed by atoms with E-state index in [4.69, 9.17) is 4.74 Å². The number of rotatable bonds is 1. The molecule has 0 aliphatic carbocycles. The largest absolute Gasteiger partial charge is 0.381 e. The van der Waals surface area contributed by atoms with Crippen molar-refractivity contribution < 1.29 is 4.74 Å². The Morgan fingerprint density at radius 2 is 2.00 bits per heavy atom. The number of benzene rings is 1. The van der Waals surface area contributed by atoms with Gasteiger partial charge in [0.2, 0.25) is 0 Å². The van der Waals surface area contributed by atoms with Crippen LogP contribution in [-0.4, -0.2) is 24.3 Å². The SMILES string of the molecule is c1ccc2c(c1)c1c(n2C2CCOCC2)CCNC1. The highest BCUT2D eigenvalue weighted by atomic mass is 16.5. The summed E-state index contributed by atoms with van der Waals surface area (Å²) in [4.78, 5) is 0. The maximum absolute atomic E-state index is 5.53. The minimum Gasteiger partial charge on any atom is -0.381 e. The second-order valence-electron chi connectivity index (χ2n) is 5.58. The van der Waals surface area contributed by atoms with Crippen LogP contribution in [0.1, 0.15) is 30.1 Å². The molecule has 0 unspecified atom stereocenters. The lowest BCUT2D eigenvalue weighted by molar-refractivity contribution is 0.0699. The van der Waals surface area contributed by atoms with Gasteiger partial charge in [-0.3, -0.25) is 0 Å². The van der Waals surface area contributed by atoms with Crippen molar-refractivity contribution in [2.24, 2.45) is 0 Å². The molecule has 1 aromatic carbocycles. The van der Waals surface area contributed by atoms with Gasteiger partial charge in [0, 0.05) is 55.4 Å². The minimum absolute atomic E-state index is 0.625. The number of hydrogen-bond donors (Lipinski definition) is 1. The van der Waals surface area contributed by atoms with Gasteiger partial charge in [0.05, 0.1) is 0 Å². The number of para-hydroxylation sites is 1. The first-order valence-electron chi connectivity index (χ1n) is 7.34. The molecule has 0 saturated carbocycles. The van der Waals surface area contributed by atoms with Crippen molar-refractivity contribution >= 4 is 10.9 Å². The average molecular weight is 256 g/mol. The van der Waals surface area contributed by atoms with Gasteiger partial charge in [-0.1, -0.05) is 18.2 Å². The Balaban J connectivity index is 1.92. The third kappa shape index (κ3) is 1.80. The van der Waals surface area contributed by atoms with E-state index in [0.29, 0.717) is 6.04 Å². The van der Waals surface area contributed by atoms with Crippen LogP contribution in [0.25, 0.3) is 10.9 Å². The highest BCUT2D eigenvalue weighted by Crippen LogP contribution is 2.34. The molecule has 0 bridgehead atoms. The molecule has 0 spiro atoms. The zero-order valence-corrected chi connectivity index (χ0v) is 11.2. The zero-order chi connectivity index (χ0) is 12.7. The lowest BCUT2D eigenvalue weighted by Gasteiger charge is -2.28. The Morgan fingerprint density at radius 1 is 1.16 bits per heavy atom. The molecule has 1 saturated heterocycles. The predicted octanol–water partition coefficient (Wildman–Crippen LogP) is 2.64. The molecular formula is C16H20N2O. The molecule has 100 valence electrons.